The van der Waals surface area contributed by atoms with E-state index in [9.17, 15) is 12.8 Å². The molecule has 0 saturated heterocycles. The summed E-state index contributed by atoms with van der Waals surface area (Å²) in [6.45, 7) is 5.50. The number of ether oxygens (including phenoxy) is 1. The fourth-order valence-corrected chi connectivity index (χ4v) is 2.49. The Balaban J connectivity index is 2.33. The number of aromatic nitrogens is 2. The topological polar surface area (TPSA) is 81.2 Å². The first-order valence-corrected chi connectivity index (χ1v) is 8.82. The molecule has 0 saturated carbocycles. The second-order valence-electron chi connectivity index (χ2n) is 5.36. The summed E-state index contributed by atoms with van der Waals surface area (Å²) in [6, 6.07) is 3.67. The third-order valence-corrected chi connectivity index (χ3v) is 4.12. The molecule has 0 aliphatic heterocycles. The van der Waals surface area contributed by atoms with Gasteiger partial charge in [-0.25, -0.2) is 22.8 Å². The minimum atomic E-state index is -3.46. The monoisotopic (exact) mass is 339 g/mol. The van der Waals surface area contributed by atoms with Crippen LogP contribution < -0.4 is 10.1 Å². The van der Waals surface area contributed by atoms with Gasteiger partial charge in [-0.3, -0.25) is 0 Å². The average molecular weight is 339 g/mol. The Morgan fingerprint density at radius 3 is 2.52 bits per heavy atom. The van der Waals surface area contributed by atoms with Gasteiger partial charge in [0, 0.05) is 6.26 Å². The predicted molar refractivity (Wildman–Crippen MR) is 85.3 cm³/mol. The number of benzene rings is 1. The Labute approximate surface area is 134 Å². The summed E-state index contributed by atoms with van der Waals surface area (Å²) in [5, 5.41) is 2.83. The lowest BCUT2D eigenvalue weighted by Crippen LogP contribution is -2.10. The van der Waals surface area contributed by atoms with Gasteiger partial charge in [0.05, 0.1) is 22.3 Å². The van der Waals surface area contributed by atoms with Gasteiger partial charge in [0.2, 0.25) is 5.88 Å². The number of nitrogens with zero attached hydrogens (tertiary/aromatic N) is 2. The maximum absolute atomic E-state index is 14.1. The molecule has 2 rings (SSSR count). The van der Waals surface area contributed by atoms with E-state index in [4.69, 9.17) is 4.74 Å². The van der Waals surface area contributed by atoms with E-state index in [0.717, 1.165) is 12.3 Å². The summed E-state index contributed by atoms with van der Waals surface area (Å²) in [7, 11) is -3.46. The lowest BCUT2D eigenvalue weighted by molar-refractivity contribution is 0.230. The van der Waals surface area contributed by atoms with E-state index in [1.807, 2.05) is 13.8 Å². The van der Waals surface area contributed by atoms with Gasteiger partial charge in [-0.2, -0.15) is 0 Å². The number of sulfone groups is 1. The van der Waals surface area contributed by atoms with Crippen molar-refractivity contribution in [3.05, 3.63) is 35.9 Å². The van der Waals surface area contributed by atoms with Crippen LogP contribution in [0.25, 0.3) is 0 Å². The first kappa shape index (κ1) is 17.1. The number of anilines is 2. The van der Waals surface area contributed by atoms with Crippen molar-refractivity contribution in [1.82, 2.24) is 9.97 Å². The summed E-state index contributed by atoms with van der Waals surface area (Å²) in [5.41, 5.74) is 0.752. The molecule has 6 nitrogen and oxygen atoms in total. The number of rotatable bonds is 5. The molecule has 23 heavy (non-hydrogen) atoms. The van der Waals surface area contributed by atoms with Crippen molar-refractivity contribution in [1.29, 1.82) is 0 Å². The summed E-state index contributed by atoms with van der Waals surface area (Å²) < 4.78 is 42.5. The second-order valence-corrected chi connectivity index (χ2v) is 7.37. The molecule has 0 bridgehead atoms. The predicted octanol–water partition coefficient (Wildman–Crippen LogP) is 2.86. The Hall–Kier alpha value is -2.22. The highest BCUT2D eigenvalue weighted by Gasteiger charge is 2.14. The van der Waals surface area contributed by atoms with Gasteiger partial charge < -0.3 is 10.1 Å². The average Bonchev–Trinajstić information content (AvgIpc) is 2.43. The maximum atomic E-state index is 14.1. The molecule has 0 amide bonds. The highest BCUT2D eigenvalue weighted by molar-refractivity contribution is 7.90. The summed E-state index contributed by atoms with van der Waals surface area (Å²) in [5.74, 6) is 0.115. The third kappa shape index (κ3) is 4.16. The van der Waals surface area contributed by atoms with Crippen LogP contribution in [0.5, 0.6) is 5.88 Å². The van der Waals surface area contributed by atoms with Gasteiger partial charge >= 0.3 is 0 Å². The smallest absolute Gasteiger partial charge is 0.221 e. The van der Waals surface area contributed by atoms with Gasteiger partial charge in [0.25, 0.3) is 0 Å². The zero-order chi connectivity index (χ0) is 17.2. The van der Waals surface area contributed by atoms with Crippen LogP contribution in [0, 0.1) is 12.7 Å². The van der Waals surface area contributed by atoms with Gasteiger partial charge in [-0.05, 0) is 39.0 Å². The van der Waals surface area contributed by atoms with E-state index in [-0.39, 0.29) is 16.7 Å². The molecule has 0 unspecified atom stereocenters. The van der Waals surface area contributed by atoms with Crippen LogP contribution in [-0.4, -0.2) is 30.7 Å². The van der Waals surface area contributed by atoms with Crippen LogP contribution in [-0.2, 0) is 9.84 Å². The molecule has 2 aromatic rings. The summed E-state index contributed by atoms with van der Waals surface area (Å²) in [4.78, 5) is 8.03. The van der Waals surface area contributed by atoms with Gasteiger partial charge in [0.15, 0.2) is 9.84 Å². The summed E-state index contributed by atoms with van der Waals surface area (Å²) >= 11 is 0. The molecule has 1 aromatic carbocycles. The molecular formula is C15H18FN3O3S. The zero-order valence-corrected chi connectivity index (χ0v) is 14.1. The van der Waals surface area contributed by atoms with Crippen LogP contribution in [0.1, 0.15) is 19.4 Å². The minimum absolute atomic E-state index is 0.0535. The van der Waals surface area contributed by atoms with Crippen molar-refractivity contribution in [2.45, 2.75) is 31.8 Å². The van der Waals surface area contributed by atoms with Crippen molar-refractivity contribution >= 4 is 21.3 Å². The first-order valence-electron chi connectivity index (χ1n) is 6.93. The molecule has 0 spiro atoms. The van der Waals surface area contributed by atoms with Crippen molar-refractivity contribution in [3.63, 3.8) is 0 Å². The van der Waals surface area contributed by atoms with E-state index in [0.29, 0.717) is 17.3 Å². The van der Waals surface area contributed by atoms with Crippen molar-refractivity contribution in [3.8, 4) is 5.88 Å². The van der Waals surface area contributed by atoms with Crippen LogP contribution in [0.2, 0.25) is 0 Å². The highest BCUT2D eigenvalue weighted by atomic mass is 32.2. The first-order chi connectivity index (χ1) is 10.7. The lowest BCUT2D eigenvalue weighted by Gasteiger charge is -2.14. The van der Waals surface area contributed by atoms with Crippen molar-refractivity contribution in [2.75, 3.05) is 11.6 Å². The molecule has 0 aliphatic rings. The standard InChI is InChI=1S/C15H18FN3O3S/c1-9(2)22-15-10(3)14(17-8-18-15)19-13-6-5-11(7-12(13)16)23(4,20)21/h5-9H,1-4H3,(H,17,18,19). The fraction of sp³-hybridized carbons (Fsp3) is 0.333. The Kier molecular flexibility index (Phi) is 4.84. The number of nitrogens with one attached hydrogen (secondary N) is 1. The fourth-order valence-electron chi connectivity index (χ4n) is 1.86. The van der Waals surface area contributed by atoms with Gasteiger partial charge in [-0.1, -0.05) is 0 Å². The molecule has 0 atom stereocenters. The molecule has 0 fully saturated rings. The molecule has 1 aromatic heterocycles. The zero-order valence-electron chi connectivity index (χ0n) is 13.3. The molecule has 0 radical (unpaired) electrons. The second kappa shape index (κ2) is 6.49. The molecule has 8 heteroatoms. The normalized spacial score (nSPS) is 11.6. The minimum Gasteiger partial charge on any atom is -0.475 e. The van der Waals surface area contributed by atoms with E-state index in [1.165, 1.54) is 18.5 Å². The Morgan fingerprint density at radius 1 is 1.26 bits per heavy atom. The van der Waals surface area contributed by atoms with E-state index in [2.05, 4.69) is 15.3 Å². The van der Waals surface area contributed by atoms with E-state index < -0.39 is 15.7 Å². The number of hydrogen-bond donors (Lipinski definition) is 1. The lowest BCUT2D eigenvalue weighted by atomic mass is 10.2. The van der Waals surface area contributed by atoms with E-state index >= 15 is 0 Å². The number of halogens is 1. The molecule has 0 aliphatic carbocycles. The van der Waals surface area contributed by atoms with Gasteiger partial charge in [-0.15, -0.1) is 0 Å². The largest absolute Gasteiger partial charge is 0.475 e. The summed E-state index contributed by atoms with van der Waals surface area (Å²) in [6.07, 6.45) is 2.29. The van der Waals surface area contributed by atoms with Gasteiger partial charge in [0.1, 0.15) is 18.0 Å². The quantitative estimate of drug-likeness (QED) is 0.902. The van der Waals surface area contributed by atoms with Crippen molar-refractivity contribution in [2.24, 2.45) is 0 Å². The molecule has 1 heterocycles. The third-order valence-electron chi connectivity index (χ3n) is 3.01. The van der Waals surface area contributed by atoms with Crippen molar-refractivity contribution < 1.29 is 17.5 Å². The van der Waals surface area contributed by atoms with Crippen LogP contribution in [0.3, 0.4) is 0 Å². The molecular weight excluding hydrogens is 321 g/mol. The molecule has 124 valence electrons. The number of hydrogen-bond acceptors (Lipinski definition) is 6. The molecule has 1 N–H and O–H groups in total. The van der Waals surface area contributed by atoms with E-state index in [1.54, 1.807) is 6.92 Å². The SMILES string of the molecule is Cc1c(Nc2ccc(S(C)(=O)=O)cc2F)ncnc1OC(C)C. The maximum Gasteiger partial charge on any atom is 0.221 e. The highest BCUT2D eigenvalue weighted by Crippen LogP contribution is 2.27. The Morgan fingerprint density at radius 2 is 1.96 bits per heavy atom. The Bertz CT molecular complexity index is 823. The van der Waals surface area contributed by atoms with Crippen LogP contribution in [0.4, 0.5) is 15.9 Å². The van der Waals surface area contributed by atoms with Crippen LogP contribution >= 0.6 is 0 Å². The van der Waals surface area contributed by atoms with Crippen LogP contribution in [0.15, 0.2) is 29.4 Å².